The average Bonchev–Trinajstić information content (AvgIpc) is 2.53. The van der Waals surface area contributed by atoms with Gasteiger partial charge in [0, 0.05) is 24.0 Å². The Morgan fingerprint density at radius 1 is 1.29 bits per heavy atom. The Kier molecular flexibility index (Phi) is 2.52. The summed E-state index contributed by atoms with van der Waals surface area (Å²) >= 11 is 0. The number of aliphatic imine (C=N–C) groups is 1. The number of hydrogen-bond acceptors (Lipinski definition) is 2. The first-order valence-corrected chi connectivity index (χ1v) is 5.87. The summed E-state index contributed by atoms with van der Waals surface area (Å²) in [5, 5.41) is 2.77. The summed E-state index contributed by atoms with van der Waals surface area (Å²) in [6.07, 6.45) is 14.9. The third kappa shape index (κ3) is 1.78. The van der Waals surface area contributed by atoms with Gasteiger partial charge in [-0.1, -0.05) is 23.3 Å². The Bertz CT molecular complexity index is 494. The van der Waals surface area contributed by atoms with Crippen molar-refractivity contribution in [2.45, 2.75) is 12.8 Å². The molecule has 1 saturated carbocycles. The number of rotatable bonds is 2. The van der Waals surface area contributed by atoms with E-state index in [2.05, 4.69) is 28.5 Å². The molecule has 17 heavy (non-hydrogen) atoms. The van der Waals surface area contributed by atoms with E-state index in [0.29, 0.717) is 11.8 Å². The monoisotopic (exact) mass is 226 g/mol. The van der Waals surface area contributed by atoms with Gasteiger partial charge in [0.1, 0.15) is 0 Å². The highest BCUT2D eigenvalue weighted by molar-refractivity contribution is 5.74. The van der Waals surface area contributed by atoms with E-state index in [1.165, 1.54) is 11.1 Å². The fourth-order valence-electron chi connectivity index (χ4n) is 2.87. The first-order chi connectivity index (χ1) is 8.38. The molecule has 0 saturated heterocycles. The lowest BCUT2D eigenvalue weighted by Gasteiger charge is -2.22. The molecule has 1 amide bonds. The molecular weight excluding hydrogens is 212 g/mol. The number of carbonyl (C=O) groups excluding carboxylic acids is 1. The third-order valence-corrected chi connectivity index (χ3v) is 3.68. The number of amides is 1. The maximum absolute atomic E-state index is 10.5. The van der Waals surface area contributed by atoms with Gasteiger partial charge < -0.3 is 5.32 Å². The lowest BCUT2D eigenvalue weighted by Crippen LogP contribution is -2.19. The molecule has 3 rings (SSSR count). The minimum Gasteiger partial charge on any atom is -0.332 e. The number of fused-ring (bicyclic) bond motifs is 3. The zero-order valence-electron chi connectivity index (χ0n) is 9.47. The second-order valence-corrected chi connectivity index (χ2v) is 4.59. The number of nitrogens with one attached hydrogen (secondary N) is 1. The van der Waals surface area contributed by atoms with Gasteiger partial charge in [0.05, 0.1) is 0 Å². The Hall–Kier alpha value is -1.90. The van der Waals surface area contributed by atoms with Crippen molar-refractivity contribution in [1.82, 2.24) is 5.32 Å². The van der Waals surface area contributed by atoms with E-state index in [0.717, 1.165) is 24.9 Å². The highest BCUT2D eigenvalue weighted by Crippen LogP contribution is 2.46. The number of carbonyl (C=O) groups is 1. The van der Waals surface area contributed by atoms with Crippen molar-refractivity contribution in [3.05, 3.63) is 47.3 Å². The fraction of sp³-hybridized carbons (Fsp3) is 0.286. The molecular formula is C14H14N2O. The van der Waals surface area contributed by atoms with Crippen LogP contribution in [0.2, 0.25) is 0 Å². The smallest absolute Gasteiger partial charge is 0.211 e. The Labute approximate surface area is 100 Å². The van der Waals surface area contributed by atoms with Gasteiger partial charge in [-0.25, -0.2) is 0 Å². The van der Waals surface area contributed by atoms with Crippen molar-refractivity contribution in [2.24, 2.45) is 16.8 Å². The first kappa shape index (κ1) is 10.3. The minimum absolute atomic E-state index is 0.445. The van der Waals surface area contributed by atoms with E-state index < -0.39 is 0 Å². The van der Waals surface area contributed by atoms with Gasteiger partial charge in [0.15, 0.2) is 0 Å². The lowest BCUT2D eigenvalue weighted by atomic mass is 9.85. The molecule has 0 spiro atoms. The zero-order valence-corrected chi connectivity index (χ0v) is 9.47. The number of allylic oxidation sites excluding steroid dienone is 7. The van der Waals surface area contributed by atoms with Gasteiger partial charge in [-0.05, 0) is 30.9 Å². The van der Waals surface area contributed by atoms with Gasteiger partial charge in [-0.15, -0.1) is 0 Å². The second kappa shape index (κ2) is 4.17. The van der Waals surface area contributed by atoms with Crippen molar-refractivity contribution in [2.75, 3.05) is 0 Å². The van der Waals surface area contributed by atoms with Crippen LogP contribution in [0.5, 0.6) is 0 Å². The molecule has 3 heteroatoms. The molecule has 0 aromatic rings. The quantitative estimate of drug-likeness (QED) is 0.720. The van der Waals surface area contributed by atoms with Crippen LogP contribution in [0.4, 0.5) is 0 Å². The maximum atomic E-state index is 10.5. The van der Waals surface area contributed by atoms with Crippen LogP contribution in [-0.2, 0) is 4.79 Å². The van der Waals surface area contributed by atoms with Crippen LogP contribution in [0.3, 0.4) is 0 Å². The van der Waals surface area contributed by atoms with Crippen LogP contribution in [0, 0.1) is 11.8 Å². The van der Waals surface area contributed by atoms with Crippen molar-refractivity contribution >= 4 is 12.6 Å². The highest BCUT2D eigenvalue weighted by Gasteiger charge is 2.35. The van der Waals surface area contributed by atoms with Crippen LogP contribution in [-0.4, -0.2) is 12.6 Å². The molecule has 0 unspecified atom stereocenters. The first-order valence-electron chi connectivity index (χ1n) is 5.87. The summed E-state index contributed by atoms with van der Waals surface area (Å²) in [7, 11) is 0. The Morgan fingerprint density at radius 3 is 3.12 bits per heavy atom. The molecule has 0 bridgehead atoms. The zero-order chi connectivity index (χ0) is 11.7. The van der Waals surface area contributed by atoms with E-state index in [1.807, 2.05) is 18.5 Å². The van der Waals surface area contributed by atoms with Crippen LogP contribution in [0.15, 0.2) is 52.3 Å². The van der Waals surface area contributed by atoms with Crippen LogP contribution in [0.25, 0.3) is 0 Å². The largest absolute Gasteiger partial charge is 0.332 e. The normalized spacial score (nSPS) is 29.5. The molecule has 0 radical (unpaired) electrons. The molecule has 1 N–H and O–H groups in total. The SMILES string of the molecule is O=CNC1=CC=C2CC3=CC=NC=C[C@@H]3[C@H]2C1. The van der Waals surface area contributed by atoms with Crippen molar-refractivity contribution in [3.63, 3.8) is 0 Å². The molecule has 0 aromatic carbocycles. The molecule has 2 atom stereocenters. The summed E-state index contributed by atoms with van der Waals surface area (Å²) in [5.74, 6) is 0.938. The number of hydrogen-bond donors (Lipinski definition) is 1. The van der Waals surface area contributed by atoms with E-state index >= 15 is 0 Å². The van der Waals surface area contributed by atoms with E-state index in [4.69, 9.17) is 0 Å². The predicted molar refractivity (Wildman–Crippen MR) is 67.3 cm³/mol. The molecule has 1 aliphatic heterocycles. The highest BCUT2D eigenvalue weighted by atomic mass is 16.1. The van der Waals surface area contributed by atoms with E-state index in [1.54, 1.807) is 0 Å². The summed E-state index contributed by atoms with van der Waals surface area (Å²) in [4.78, 5) is 14.6. The second-order valence-electron chi connectivity index (χ2n) is 4.59. The summed E-state index contributed by atoms with van der Waals surface area (Å²) in [5.41, 5.74) is 3.91. The van der Waals surface area contributed by atoms with Crippen molar-refractivity contribution in [3.8, 4) is 0 Å². The summed E-state index contributed by atoms with van der Waals surface area (Å²) < 4.78 is 0. The molecule has 0 aromatic heterocycles. The minimum atomic E-state index is 0.445. The van der Waals surface area contributed by atoms with Crippen LogP contribution >= 0.6 is 0 Å². The molecule has 2 aliphatic carbocycles. The van der Waals surface area contributed by atoms with Gasteiger partial charge >= 0.3 is 0 Å². The molecule has 3 nitrogen and oxygen atoms in total. The molecule has 86 valence electrons. The average molecular weight is 226 g/mol. The fourth-order valence-corrected chi connectivity index (χ4v) is 2.87. The van der Waals surface area contributed by atoms with Gasteiger partial charge in [-0.2, -0.15) is 0 Å². The summed E-state index contributed by atoms with van der Waals surface area (Å²) in [6.45, 7) is 0. The molecule has 1 fully saturated rings. The Balaban J connectivity index is 1.89. The van der Waals surface area contributed by atoms with E-state index in [-0.39, 0.29) is 0 Å². The van der Waals surface area contributed by atoms with Crippen molar-refractivity contribution in [1.29, 1.82) is 0 Å². The van der Waals surface area contributed by atoms with Crippen LogP contribution in [0.1, 0.15) is 12.8 Å². The van der Waals surface area contributed by atoms with Gasteiger partial charge in [-0.3, -0.25) is 9.79 Å². The Morgan fingerprint density at radius 2 is 2.24 bits per heavy atom. The van der Waals surface area contributed by atoms with Gasteiger partial charge in [0.2, 0.25) is 6.41 Å². The molecule has 3 aliphatic rings. The van der Waals surface area contributed by atoms with Crippen molar-refractivity contribution < 1.29 is 4.79 Å². The third-order valence-electron chi connectivity index (χ3n) is 3.68. The number of nitrogens with zero attached hydrogens (tertiary/aromatic N) is 1. The molecule has 1 heterocycles. The van der Waals surface area contributed by atoms with E-state index in [9.17, 15) is 4.79 Å². The predicted octanol–water partition coefficient (Wildman–Crippen LogP) is 2.11. The standard InChI is InChI=1S/C14H14N2O/c17-9-16-12-2-1-10-7-11-3-5-15-6-4-13(11)14(10)8-12/h1-6,9,13-14H,7-8H2,(H,16,17)/t13-,14-/m0/s1. The summed E-state index contributed by atoms with van der Waals surface area (Å²) in [6, 6.07) is 0. The topological polar surface area (TPSA) is 41.5 Å². The van der Waals surface area contributed by atoms with Gasteiger partial charge in [0.25, 0.3) is 0 Å². The maximum Gasteiger partial charge on any atom is 0.211 e. The van der Waals surface area contributed by atoms with Crippen LogP contribution < -0.4 is 5.32 Å². The lowest BCUT2D eigenvalue weighted by molar-refractivity contribution is -0.109.